The summed E-state index contributed by atoms with van der Waals surface area (Å²) in [4.78, 5) is 6.39. The second-order valence-corrected chi connectivity index (χ2v) is 10.4. The molecule has 164 valence electrons. The molecule has 2 aromatic carbocycles. The summed E-state index contributed by atoms with van der Waals surface area (Å²) in [5.41, 5.74) is 7.24. The van der Waals surface area contributed by atoms with Gasteiger partial charge in [0.25, 0.3) is 0 Å². The Hall–Kier alpha value is -2.30. The van der Waals surface area contributed by atoms with Gasteiger partial charge >= 0.3 is 0 Å². The van der Waals surface area contributed by atoms with Crippen molar-refractivity contribution in [2.24, 2.45) is 0 Å². The summed E-state index contributed by atoms with van der Waals surface area (Å²) in [7, 11) is 1.75. The Kier molecular flexibility index (Phi) is 5.10. The lowest BCUT2D eigenvalue weighted by Gasteiger charge is -2.45. The number of hydrogen-bond donors (Lipinski definition) is 2. The van der Waals surface area contributed by atoms with E-state index in [9.17, 15) is 0 Å². The van der Waals surface area contributed by atoms with Crippen molar-refractivity contribution in [1.82, 2.24) is 15.2 Å². The first-order chi connectivity index (χ1) is 14.9. The number of piperidine rings is 1. The molecule has 1 aromatic heterocycles. The van der Waals surface area contributed by atoms with Gasteiger partial charge < -0.3 is 15.0 Å². The van der Waals surface area contributed by atoms with Crippen molar-refractivity contribution in [2.45, 2.75) is 57.5 Å². The van der Waals surface area contributed by atoms with Crippen molar-refractivity contribution >= 4 is 10.9 Å². The fourth-order valence-corrected chi connectivity index (χ4v) is 5.43. The van der Waals surface area contributed by atoms with Crippen LogP contribution in [-0.2, 0) is 23.9 Å². The quantitative estimate of drug-likeness (QED) is 0.622. The third-order valence-corrected chi connectivity index (χ3v) is 7.37. The zero-order valence-electron chi connectivity index (χ0n) is 19.3. The van der Waals surface area contributed by atoms with E-state index < -0.39 is 0 Å². The molecule has 1 fully saturated rings. The number of ether oxygens (including phenoxy) is 1. The van der Waals surface area contributed by atoms with Gasteiger partial charge in [-0.25, -0.2) is 0 Å². The SMILES string of the molecule is COc1ccc2[nH]c3c(c2c1)CCNC31CCN(Cc2ccc(C(C)(C)C)cc2)CC1. The molecular formula is C27H35N3O. The highest BCUT2D eigenvalue weighted by atomic mass is 16.5. The summed E-state index contributed by atoms with van der Waals surface area (Å²) in [6.45, 7) is 11.1. The van der Waals surface area contributed by atoms with E-state index in [1.54, 1.807) is 7.11 Å². The van der Waals surface area contributed by atoms with Crippen LogP contribution < -0.4 is 10.1 Å². The van der Waals surface area contributed by atoms with Gasteiger partial charge in [0.15, 0.2) is 0 Å². The smallest absolute Gasteiger partial charge is 0.119 e. The molecule has 5 rings (SSSR count). The zero-order chi connectivity index (χ0) is 21.6. The standard InChI is InChI=1S/C27H35N3O/c1-26(2,3)20-7-5-19(6-8-20)18-30-15-12-27(13-16-30)25-22(11-14-28-27)23-17-21(31-4)9-10-24(23)29-25/h5-10,17,28-29H,11-16,18H2,1-4H3. The van der Waals surface area contributed by atoms with Crippen LogP contribution in [0.3, 0.4) is 0 Å². The summed E-state index contributed by atoms with van der Waals surface area (Å²) in [6, 6.07) is 15.6. The van der Waals surface area contributed by atoms with Crippen LogP contribution in [0.5, 0.6) is 5.75 Å². The highest BCUT2D eigenvalue weighted by Crippen LogP contribution is 2.41. The van der Waals surface area contributed by atoms with Gasteiger partial charge in [-0.3, -0.25) is 4.90 Å². The molecule has 3 aromatic rings. The lowest BCUT2D eigenvalue weighted by Crippen LogP contribution is -2.54. The number of nitrogens with zero attached hydrogens (tertiary/aromatic N) is 1. The van der Waals surface area contributed by atoms with Gasteiger partial charge in [-0.15, -0.1) is 0 Å². The van der Waals surface area contributed by atoms with Crippen LogP contribution in [0.25, 0.3) is 10.9 Å². The third-order valence-electron chi connectivity index (χ3n) is 7.37. The largest absolute Gasteiger partial charge is 0.497 e. The molecule has 0 unspecified atom stereocenters. The van der Waals surface area contributed by atoms with E-state index in [0.29, 0.717) is 0 Å². The molecule has 0 radical (unpaired) electrons. The van der Waals surface area contributed by atoms with Gasteiger partial charge in [-0.1, -0.05) is 45.0 Å². The van der Waals surface area contributed by atoms with E-state index in [1.165, 1.54) is 33.3 Å². The van der Waals surface area contributed by atoms with Gasteiger partial charge in [0.2, 0.25) is 0 Å². The Balaban J connectivity index is 1.32. The van der Waals surface area contributed by atoms with E-state index in [2.05, 4.69) is 78.4 Å². The average molecular weight is 418 g/mol. The predicted molar refractivity (Wildman–Crippen MR) is 128 cm³/mol. The molecule has 2 N–H and O–H groups in total. The molecule has 1 saturated heterocycles. The lowest BCUT2D eigenvalue weighted by atomic mass is 9.79. The number of rotatable bonds is 3. The maximum atomic E-state index is 5.48. The van der Waals surface area contributed by atoms with Gasteiger partial charge in [0.1, 0.15) is 5.75 Å². The minimum atomic E-state index is 0.0758. The van der Waals surface area contributed by atoms with Crippen LogP contribution in [0.4, 0.5) is 0 Å². The second-order valence-electron chi connectivity index (χ2n) is 10.4. The molecule has 3 heterocycles. The van der Waals surface area contributed by atoms with Crippen molar-refractivity contribution in [1.29, 1.82) is 0 Å². The normalized spacial score (nSPS) is 19.0. The average Bonchev–Trinajstić information content (AvgIpc) is 3.15. The topological polar surface area (TPSA) is 40.3 Å². The lowest BCUT2D eigenvalue weighted by molar-refractivity contribution is 0.121. The molecule has 0 bridgehead atoms. The Labute approximate surface area is 186 Å². The summed E-state index contributed by atoms with van der Waals surface area (Å²) >= 11 is 0. The molecule has 2 aliphatic rings. The molecule has 0 amide bonds. The Morgan fingerprint density at radius 1 is 1.03 bits per heavy atom. The van der Waals surface area contributed by atoms with E-state index >= 15 is 0 Å². The van der Waals surface area contributed by atoms with E-state index in [4.69, 9.17) is 4.74 Å². The number of H-pyrrole nitrogens is 1. The van der Waals surface area contributed by atoms with Crippen molar-refractivity contribution in [3.63, 3.8) is 0 Å². The molecule has 4 heteroatoms. The number of likely N-dealkylation sites (tertiary alicyclic amines) is 1. The summed E-state index contributed by atoms with van der Waals surface area (Å²) in [6.07, 6.45) is 3.36. The van der Waals surface area contributed by atoms with E-state index in [-0.39, 0.29) is 11.0 Å². The number of aromatic nitrogens is 1. The molecule has 4 nitrogen and oxygen atoms in total. The van der Waals surface area contributed by atoms with Crippen molar-refractivity contribution in [3.05, 3.63) is 64.8 Å². The van der Waals surface area contributed by atoms with Gasteiger partial charge in [-0.2, -0.15) is 0 Å². The Bertz CT molecular complexity index is 1070. The number of fused-ring (bicyclic) bond motifs is 4. The maximum Gasteiger partial charge on any atom is 0.119 e. The zero-order valence-corrected chi connectivity index (χ0v) is 19.3. The first kappa shape index (κ1) is 20.6. The van der Waals surface area contributed by atoms with Crippen LogP contribution in [-0.4, -0.2) is 36.6 Å². The summed E-state index contributed by atoms with van der Waals surface area (Å²) in [5, 5.41) is 5.23. The Morgan fingerprint density at radius 3 is 2.45 bits per heavy atom. The van der Waals surface area contributed by atoms with Crippen LogP contribution in [0, 0.1) is 0 Å². The monoisotopic (exact) mass is 417 g/mol. The van der Waals surface area contributed by atoms with Gasteiger partial charge in [-0.05, 0) is 59.6 Å². The van der Waals surface area contributed by atoms with Crippen molar-refractivity contribution in [3.8, 4) is 5.75 Å². The summed E-state index contributed by atoms with van der Waals surface area (Å²) < 4.78 is 5.48. The highest BCUT2D eigenvalue weighted by Gasteiger charge is 2.41. The summed E-state index contributed by atoms with van der Waals surface area (Å²) in [5.74, 6) is 0.939. The van der Waals surface area contributed by atoms with Crippen molar-refractivity contribution < 1.29 is 4.74 Å². The molecule has 1 spiro atoms. The first-order valence-electron chi connectivity index (χ1n) is 11.6. The maximum absolute atomic E-state index is 5.48. The molecule has 0 aliphatic carbocycles. The Morgan fingerprint density at radius 2 is 1.77 bits per heavy atom. The minimum Gasteiger partial charge on any atom is -0.497 e. The van der Waals surface area contributed by atoms with Crippen molar-refractivity contribution in [2.75, 3.05) is 26.7 Å². The van der Waals surface area contributed by atoms with Crippen LogP contribution in [0.2, 0.25) is 0 Å². The molecule has 2 aliphatic heterocycles. The molecule has 31 heavy (non-hydrogen) atoms. The molecular weight excluding hydrogens is 382 g/mol. The minimum absolute atomic E-state index is 0.0758. The fraction of sp³-hybridized carbons (Fsp3) is 0.481. The number of methoxy groups -OCH3 is 1. The number of aromatic amines is 1. The number of hydrogen-bond acceptors (Lipinski definition) is 3. The van der Waals surface area contributed by atoms with E-state index in [0.717, 1.165) is 51.2 Å². The first-order valence-corrected chi connectivity index (χ1v) is 11.6. The third kappa shape index (κ3) is 3.77. The van der Waals surface area contributed by atoms with Gasteiger partial charge in [0.05, 0.1) is 12.6 Å². The van der Waals surface area contributed by atoms with E-state index in [1.807, 2.05) is 0 Å². The van der Waals surface area contributed by atoms with Crippen LogP contribution in [0.1, 0.15) is 56.0 Å². The predicted octanol–water partition coefficient (Wildman–Crippen LogP) is 5.11. The molecule has 0 atom stereocenters. The number of benzene rings is 2. The molecule has 0 saturated carbocycles. The highest BCUT2D eigenvalue weighted by molar-refractivity contribution is 5.86. The van der Waals surface area contributed by atoms with Crippen LogP contribution in [0.15, 0.2) is 42.5 Å². The van der Waals surface area contributed by atoms with Gasteiger partial charge in [0, 0.05) is 42.8 Å². The number of nitrogens with one attached hydrogen (secondary N) is 2. The second kappa shape index (κ2) is 7.68. The fourth-order valence-electron chi connectivity index (χ4n) is 5.43. The van der Waals surface area contributed by atoms with Crippen LogP contribution >= 0.6 is 0 Å².